The molecule has 1 heterocycles. The molecule has 0 amide bonds. The first-order valence-corrected chi connectivity index (χ1v) is 4.50. The van der Waals surface area contributed by atoms with Gasteiger partial charge in [-0.2, -0.15) is 0 Å². The van der Waals surface area contributed by atoms with Crippen molar-refractivity contribution in [3.63, 3.8) is 0 Å². The van der Waals surface area contributed by atoms with Crippen molar-refractivity contribution in [3.8, 4) is 5.75 Å². The van der Waals surface area contributed by atoms with E-state index in [9.17, 15) is 9.90 Å². The molecule has 0 fully saturated rings. The highest BCUT2D eigenvalue weighted by Crippen LogP contribution is 2.30. The van der Waals surface area contributed by atoms with E-state index in [2.05, 4.69) is 6.58 Å². The molecular weight excluding hydrogens is 192 g/mol. The molecule has 0 aliphatic heterocycles. The molecule has 3 nitrogen and oxygen atoms in total. The van der Waals surface area contributed by atoms with Crippen LogP contribution in [0.3, 0.4) is 0 Å². The number of aromatic hydroxyl groups is 1. The Labute approximate surface area is 86.6 Å². The lowest BCUT2D eigenvalue weighted by Crippen LogP contribution is -1.81. The van der Waals surface area contributed by atoms with E-state index in [4.69, 9.17) is 4.42 Å². The van der Waals surface area contributed by atoms with Gasteiger partial charge >= 0.3 is 0 Å². The van der Waals surface area contributed by atoms with Gasteiger partial charge in [0.15, 0.2) is 6.29 Å². The average molecular weight is 202 g/mol. The van der Waals surface area contributed by atoms with Crippen molar-refractivity contribution in [1.29, 1.82) is 0 Å². The van der Waals surface area contributed by atoms with E-state index >= 15 is 0 Å². The second-order valence-electron chi connectivity index (χ2n) is 3.42. The van der Waals surface area contributed by atoms with Gasteiger partial charge in [0.2, 0.25) is 0 Å². The molecule has 0 spiro atoms. The summed E-state index contributed by atoms with van der Waals surface area (Å²) in [7, 11) is 0. The van der Waals surface area contributed by atoms with Gasteiger partial charge in [-0.1, -0.05) is 6.58 Å². The number of carbonyl (C=O) groups excluding carboxylic acids is 1. The monoisotopic (exact) mass is 202 g/mol. The molecule has 3 heteroatoms. The number of fused-ring (bicyclic) bond motifs is 1. The lowest BCUT2D eigenvalue weighted by molar-refractivity contribution is 0.112. The Morgan fingerprint density at radius 1 is 1.53 bits per heavy atom. The van der Waals surface area contributed by atoms with E-state index in [1.807, 2.05) is 6.92 Å². The topological polar surface area (TPSA) is 50.4 Å². The number of phenolic OH excluding ortho intramolecular Hbond substituents is 1. The molecule has 1 aromatic carbocycles. The summed E-state index contributed by atoms with van der Waals surface area (Å²) in [6.45, 7) is 5.57. The van der Waals surface area contributed by atoms with Gasteiger partial charge in [-0.05, 0) is 30.7 Å². The third kappa shape index (κ3) is 1.42. The highest BCUT2D eigenvalue weighted by atomic mass is 16.3. The molecule has 0 saturated carbocycles. The molecule has 1 N–H and O–H groups in total. The van der Waals surface area contributed by atoms with Crippen LogP contribution in [0.25, 0.3) is 16.5 Å². The molecule has 1 aromatic heterocycles. The number of hydrogen-bond acceptors (Lipinski definition) is 3. The Morgan fingerprint density at radius 2 is 2.27 bits per heavy atom. The van der Waals surface area contributed by atoms with Gasteiger partial charge < -0.3 is 9.52 Å². The lowest BCUT2D eigenvalue weighted by atomic mass is 10.1. The van der Waals surface area contributed by atoms with Crippen molar-refractivity contribution in [1.82, 2.24) is 0 Å². The largest absolute Gasteiger partial charge is 0.507 e. The van der Waals surface area contributed by atoms with Gasteiger partial charge in [-0.3, -0.25) is 4.79 Å². The summed E-state index contributed by atoms with van der Waals surface area (Å²) < 4.78 is 5.46. The fourth-order valence-corrected chi connectivity index (χ4v) is 1.46. The molecule has 0 radical (unpaired) electrons. The Kier molecular flexibility index (Phi) is 2.08. The van der Waals surface area contributed by atoms with Gasteiger partial charge in [0, 0.05) is 5.39 Å². The highest BCUT2D eigenvalue weighted by molar-refractivity contribution is 5.99. The molecule has 76 valence electrons. The van der Waals surface area contributed by atoms with E-state index in [0.29, 0.717) is 23.0 Å². The Hall–Kier alpha value is -2.03. The quantitative estimate of drug-likeness (QED) is 0.761. The Balaban J connectivity index is 2.80. The number of rotatable bonds is 2. The van der Waals surface area contributed by atoms with Crippen LogP contribution in [0.1, 0.15) is 23.0 Å². The standard InChI is InChI=1S/C12H10O3/c1-7(2)12-5-8-9(6-13)10(14)3-4-11(8)15-12/h3-6,14H,1H2,2H3. The third-order valence-corrected chi connectivity index (χ3v) is 2.26. The van der Waals surface area contributed by atoms with Crippen LogP contribution in [0, 0.1) is 0 Å². The Morgan fingerprint density at radius 3 is 2.87 bits per heavy atom. The molecule has 0 atom stereocenters. The number of furan rings is 1. The maximum absolute atomic E-state index is 10.8. The second-order valence-corrected chi connectivity index (χ2v) is 3.42. The minimum absolute atomic E-state index is 0.0356. The normalized spacial score (nSPS) is 10.5. The van der Waals surface area contributed by atoms with Crippen LogP contribution in [-0.2, 0) is 0 Å². The minimum atomic E-state index is -0.0356. The summed E-state index contributed by atoms with van der Waals surface area (Å²) >= 11 is 0. The number of benzene rings is 1. The summed E-state index contributed by atoms with van der Waals surface area (Å²) in [6.07, 6.45) is 0.620. The summed E-state index contributed by atoms with van der Waals surface area (Å²) in [5.41, 5.74) is 1.61. The van der Waals surface area contributed by atoms with Crippen molar-refractivity contribution >= 4 is 22.8 Å². The van der Waals surface area contributed by atoms with Gasteiger partial charge in [0.25, 0.3) is 0 Å². The lowest BCUT2D eigenvalue weighted by Gasteiger charge is -1.96. The summed E-state index contributed by atoms with van der Waals surface area (Å²) in [6, 6.07) is 4.78. The zero-order valence-electron chi connectivity index (χ0n) is 8.28. The molecule has 2 aromatic rings. The van der Waals surface area contributed by atoms with Crippen molar-refractivity contribution in [3.05, 3.63) is 36.1 Å². The van der Waals surface area contributed by atoms with Crippen molar-refractivity contribution in [2.75, 3.05) is 0 Å². The molecule has 2 rings (SSSR count). The van der Waals surface area contributed by atoms with Crippen molar-refractivity contribution in [2.24, 2.45) is 0 Å². The Bertz CT molecular complexity index is 549. The minimum Gasteiger partial charge on any atom is -0.507 e. The van der Waals surface area contributed by atoms with E-state index in [1.165, 1.54) is 6.07 Å². The first kappa shape index (κ1) is 9.52. The van der Waals surface area contributed by atoms with E-state index in [1.54, 1.807) is 12.1 Å². The number of hydrogen-bond donors (Lipinski definition) is 1. The summed E-state index contributed by atoms with van der Waals surface area (Å²) in [5, 5.41) is 10.1. The van der Waals surface area contributed by atoms with Crippen LogP contribution >= 0.6 is 0 Å². The third-order valence-electron chi connectivity index (χ3n) is 2.26. The molecule has 0 unspecified atom stereocenters. The van der Waals surface area contributed by atoms with Crippen LogP contribution in [-0.4, -0.2) is 11.4 Å². The second kappa shape index (κ2) is 3.28. The fraction of sp³-hybridized carbons (Fsp3) is 0.0833. The summed E-state index contributed by atoms with van der Waals surface area (Å²) in [4.78, 5) is 10.8. The number of aldehydes is 1. The van der Waals surface area contributed by atoms with Gasteiger partial charge in [0.05, 0.1) is 5.56 Å². The molecule has 0 aliphatic carbocycles. The maximum atomic E-state index is 10.8. The average Bonchev–Trinajstić information content (AvgIpc) is 2.61. The zero-order valence-corrected chi connectivity index (χ0v) is 8.28. The smallest absolute Gasteiger partial charge is 0.154 e. The first-order chi connectivity index (χ1) is 7.13. The number of phenols is 1. The predicted octanol–water partition coefficient (Wildman–Crippen LogP) is 2.98. The molecule has 0 saturated heterocycles. The van der Waals surface area contributed by atoms with Crippen LogP contribution in [0.5, 0.6) is 5.75 Å². The maximum Gasteiger partial charge on any atom is 0.154 e. The predicted molar refractivity (Wildman–Crippen MR) is 58.0 cm³/mol. The molecule has 0 bridgehead atoms. The summed E-state index contributed by atoms with van der Waals surface area (Å²) in [5.74, 6) is 0.588. The van der Waals surface area contributed by atoms with Crippen molar-refractivity contribution in [2.45, 2.75) is 6.92 Å². The van der Waals surface area contributed by atoms with Crippen LogP contribution in [0.2, 0.25) is 0 Å². The van der Waals surface area contributed by atoms with Gasteiger partial charge in [-0.15, -0.1) is 0 Å². The fourth-order valence-electron chi connectivity index (χ4n) is 1.46. The molecular formula is C12H10O3. The van der Waals surface area contributed by atoms with E-state index in [-0.39, 0.29) is 11.3 Å². The van der Waals surface area contributed by atoms with E-state index in [0.717, 1.165) is 5.57 Å². The van der Waals surface area contributed by atoms with Crippen molar-refractivity contribution < 1.29 is 14.3 Å². The number of carbonyl (C=O) groups is 1. The highest BCUT2D eigenvalue weighted by Gasteiger charge is 2.11. The zero-order chi connectivity index (χ0) is 11.0. The van der Waals surface area contributed by atoms with Crippen LogP contribution in [0.4, 0.5) is 0 Å². The number of allylic oxidation sites excluding steroid dienone is 1. The van der Waals surface area contributed by atoms with Crippen LogP contribution < -0.4 is 0 Å². The molecule has 0 aliphatic rings. The molecule has 15 heavy (non-hydrogen) atoms. The van der Waals surface area contributed by atoms with Gasteiger partial charge in [0.1, 0.15) is 17.1 Å². The van der Waals surface area contributed by atoms with Crippen LogP contribution in [0.15, 0.2) is 29.2 Å². The first-order valence-electron chi connectivity index (χ1n) is 4.50. The SMILES string of the molecule is C=C(C)c1cc2c(C=O)c(O)ccc2o1. The van der Waals surface area contributed by atoms with E-state index < -0.39 is 0 Å². The van der Waals surface area contributed by atoms with Gasteiger partial charge in [-0.25, -0.2) is 0 Å².